The first kappa shape index (κ1) is 12.6. The summed E-state index contributed by atoms with van der Waals surface area (Å²) in [5, 5.41) is 0. The minimum atomic E-state index is -3.69. The first-order chi connectivity index (χ1) is 9.63. The predicted molar refractivity (Wildman–Crippen MR) is 73.1 cm³/mol. The van der Waals surface area contributed by atoms with Crippen LogP contribution in [0.3, 0.4) is 0 Å². The first-order valence-corrected chi connectivity index (χ1v) is 7.23. The molecule has 7 heteroatoms. The number of nitrogens with zero attached hydrogens (tertiary/aromatic N) is 3. The topological polar surface area (TPSA) is 74.1 Å². The van der Waals surface area contributed by atoms with Gasteiger partial charge in [-0.25, -0.2) is 17.4 Å². The number of fused-ring (bicyclic) bond motifs is 1. The number of benzene rings is 1. The molecule has 0 N–H and O–H groups in total. The van der Waals surface area contributed by atoms with Gasteiger partial charge in [-0.2, -0.15) is 0 Å². The summed E-state index contributed by atoms with van der Waals surface area (Å²) in [6, 6.07) is 8.12. The van der Waals surface area contributed by atoms with E-state index in [1.807, 2.05) is 0 Å². The van der Waals surface area contributed by atoms with Gasteiger partial charge in [-0.1, -0.05) is 0 Å². The quantitative estimate of drug-likeness (QED) is 0.733. The van der Waals surface area contributed by atoms with Crippen LogP contribution in [0, 0.1) is 0 Å². The van der Waals surface area contributed by atoms with Crippen LogP contribution < -0.4 is 4.74 Å². The van der Waals surface area contributed by atoms with Crippen molar-refractivity contribution in [2.24, 2.45) is 0 Å². The summed E-state index contributed by atoms with van der Waals surface area (Å²) in [6.45, 7) is 0. The van der Waals surface area contributed by atoms with E-state index in [0.29, 0.717) is 16.8 Å². The minimum absolute atomic E-state index is 0.120. The number of methoxy groups -OCH3 is 1. The maximum Gasteiger partial charge on any atom is 0.271 e. The van der Waals surface area contributed by atoms with Gasteiger partial charge in [-0.15, -0.1) is 0 Å². The molecular formula is C13H11N3O3S. The van der Waals surface area contributed by atoms with E-state index in [4.69, 9.17) is 4.74 Å². The van der Waals surface area contributed by atoms with Crippen molar-refractivity contribution < 1.29 is 13.2 Å². The predicted octanol–water partition coefficient (Wildman–Crippen LogP) is 1.68. The Hall–Kier alpha value is -2.41. The largest absolute Gasteiger partial charge is 0.497 e. The Morgan fingerprint density at radius 2 is 2.10 bits per heavy atom. The second-order valence-corrected chi connectivity index (χ2v) is 5.90. The van der Waals surface area contributed by atoms with Crippen molar-refractivity contribution in [3.8, 4) is 5.75 Å². The molecule has 102 valence electrons. The zero-order valence-corrected chi connectivity index (χ0v) is 11.4. The third kappa shape index (κ3) is 1.92. The van der Waals surface area contributed by atoms with Crippen LogP contribution in [-0.4, -0.2) is 29.5 Å². The van der Waals surface area contributed by atoms with Crippen molar-refractivity contribution in [3.63, 3.8) is 0 Å². The molecule has 0 amide bonds. The van der Waals surface area contributed by atoms with Gasteiger partial charge >= 0.3 is 0 Å². The van der Waals surface area contributed by atoms with Gasteiger partial charge < -0.3 is 4.74 Å². The van der Waals surface area contributed by atoms with E-state index in [1.54, 1.807) is 31.4 Å². The highest BCUT2D eigenvalue weighted by Crippen LogP contribution is 2.23. The molecule has 0 radical (unpaired) electrons. The summed E-state index contributed by atoms with van der Waals surface area (Å²) < 4.78 is 31.3. The molecule has 0 aliphatic carbocycles. The Labute approximate surface area is 115 Å². The number of ether oxygens (including phenoxy) is 1. The highest BCUT2D eigenvalue weighted by Gasteiger charge is 2.19. The van der Waals surface area contributed by atoms with Crippen LogP contribution in [-0.2, 0) is 10.0 Å². The number of imidazole rings is 1. The van der Waals surface area contributed by atoms with Crippen molar-refractivity contribution in [2.45, 2.75) is 4.90 Å². The van der Waals surface area contributed by atoms with E-state index in [-0.39, 0.29) is 4.90 Å². The van der Waals surface area contributed by atoms with E-state index >= 15 is 0 Å². The van der Waals surface area contributed by atoms with Crippen LogP contribution >= 0.6 is 0 Å². The molecule has 0 saturated heterocycles. The van der Waals surface area contributed by atoms with Gasteiger partial charge in [-0.3, -0.25) is 4.98 Å². The molecule has 0 unspecified atom stereocenters. The van der Waals surface area contributed by atoms with Gasteiger partial charge in [0.2, 0.25) is 0 Å². The number of pyridine rings is 1. The molecule has 0 fully saturated rings. The van der Waals surface area contributed by atoms with Crippen LogP contribution in [0.25, 0.3) is 11.0 Å². The van der Waals surface area contributed by atoms with Gasteiger partial charge in [0.15, 0.2) is 0 Å². The molecule has 0 bridgehead atoms. The van der Waals surface area contributed by atoms with Crippen molar-refractivity contribution in [3.05, 3.63) is 49.1 Å². The Kier molecular flexibility index (Phi) is 2.90. The summed E-state index contributed by atoms with van der Waals surface area (Å²) in [5.74, 6) is 0.626. The lowest BCUT2D eigenvalue weighted by Gasteiger charge is -2.06. The molecular weight excluding hydrogens is 278 g/mol. The van der Waals surface area contributed by atoms with Crippen molar-refractivity contribution in [2.75, 3.05) is 7.11 Å². The first-order valence-electron chi connectivity index (χ1n) is 5.79. The number of hydrogen-bond acceptors (Lipinski definition) is 5. The summed E-state index contributed by atoms with van der Waals surface area (Å²) >= 11 is 0. The number of aromatic nitrogens is 3. The van der Waals surface area contributed by atoms with Crippen LogP contribution in [0.2, 0.25) is 0 Å². The lowest BCUT2D eigenvalue weighted by atomic mass is 10.3. The highest BCUT2D eigenvalue weighted by molar-refractivity contribution is 7.90. The molecule has 2 heterocycles. The van der Waals surface area contributed by atoms with Gasteiger partial charge in [0, 0.05) is 18.5 Å². The fraction of sp³-hybridized carbons (Fsp3) is 0.0769. The third-order valence-corrected chi connectivity index (χ3v) is 4.56. The van der Waals surface area contributed by atoms with Crippen LogP contribution in [0.5, 0.6) is 5.75 Å². The molecule has 0 atom stereocenters. The number of hydrogen-bond donors (Lipinski definition) is 0. The second kappa shape index (κ2) is 4.61. The van der Waals surface area contributed by atoms with E-state index in [9.17, 15) is 8.42 Å². The van der Waals surface area contributed by atoms with E-state index in [0.717, 1.165) is 3.97 Å². The Balaban J connectivity index is 2.20. The molecule has 1 aromatic carbocycles. The maximum absolute atomic E-state index is 12.5. The molecule has 3 rings (SSSR count). The molecule has 6 nitrogen and oxygen atoms in total. The summed E-state index contributed by atoms with van der Waals surface area (Å²) in [7, 11) is -2.14. The lowest BCUT2D eigenvalue weighted by molar-refractivity contribution is 0.415. The summed E-state index contributed by atoms with van der Waals surface area (Å²) in [5.41, 5.74) is 1.05. The fourth-order valence-corrected chi connectivity index (χ4v) is 3.16. The molecule has 3 aromatic rings. The molecule has 2 aromatic heterocycles. The maximum atomic E-state index is 12.5. The molecule has 0 saturated carbocycles. The normalized spacial score (nSPS) is 11.7. The number of rotatable bonds is 3. The Morgan fingerprint density at radius 1 is 1.25 bits per heavy atom. The van der Waals surface area contributed by atoms with Crippen molar-refractivity contribution >= 4 is 21.1 Å². The molecule has 20 heavy (non-hydrogen) atoms. The van der Waals surface area contributed by atoms with Crippen molar-refractivity contribution in [1.82, 2.24) is 13.9 Å². The van der Waals surface area contributed by atoms with Gasteiger partial charge in [0.25, 0.3) is 10.0 Å². The highest BCUT2D eigenvalue weighted by atomic mass is 32.2. The van der Waals surface area contributed by atoms with E-state index in [1.165, 1.54) is 24.8 Å². The molecule has 0 aliphatic heterocycles. The average molecular weight is 289 g/mol. The second-order valence-electron chi connectivity index (χ2n) is 4.09. The Bertz CT molecular complexity index is 857. The van der Waals surface area contributed by atoms with Gasteiger partial charge in [0.05, 0.1) is 18.1 Å². The molecule has 0 spiro atoms. The zero-order chi connectivity index (χ0) is 14.2. The summed E-state index contributed by atoms with van der Waals surface area (Å²) in [4.78, 5) is 8.06. The zero-order valence-electron chi connectivity index (χ0n) is 10.6. The van der Waals surface area contributed by atoms with E-state index < -0.39 is 10.0 Å². The van der Waals surface area contributed by atoms with E-state index in [2.05, 4.69) is 9.97 Å². The van der Waals surface area contributed by atoms with Crippen LogP contribution in [0.4, 0.5) is 0 Å². The Morgan fingerprint density at radius 3 is 2.80 bits per heavy atom. The van der Waals surface area contributed by atoms with Crippen molar-refractivity contribution in [1.29, 1.82) is 0 Å². The fourth-order valence-electron chi connectivity index (χ4n) is 1.90. The summed E-state index contributed by atoms with van der Waals surface area (Å²) in [6.07, 6.45) is 4.12. The van der Waals surface area contributed by atoms with Crippen LogP contribution in [0.15, 0.2) is 53.9 Å². The standard InChI is InChI=1S/C13H11N3O3S/c1-19-10-4-5-13-12(7-10)15-9-16(13)20(17,18)11-3-2-6-14-8-11/h2-9H,1H3. The lowest BCUT2D eigenvalue weighted by Crippen LogP contribution is -2.11. The SMILES string of the molecule is COc1ccc2c(c1)ncn2S(=O)(=O)c1cccnc1. The minimum Gasteiger partial charge on any atom is -0.497 e. The average Bonchev–Trinajstić information content (AvgIpc) is 2.91. The monoisotopic (exact) mass is 289 g/mol. The third-order valence-electron chi connectivity index (χ3n) is 2.91. The smallest absolute Gasteiger partial charge is 0.271 e. The van der Waals surface area contributed by atoms with Gasteiger partial charge in [-0.05, 0) is 24.3 Å². The molecule has 0 aliphatic rings. The van der Waals surface area contributed by atoms with Crippen LogP contribution in [0.1, 0.15) is 0 Å². The van der Waals surface area contributed by atoms with Gasteiger partial charge in [0.1, 0.15) is 17.0 Å².